The van der Waals surface area contributed by atoms with Crippen molar-refractivity contribution in [2.45, 2.75) is 38.8 Å². The second-order valence-electron chi connectivity index (χ2n) is 6.62. The Kier molecular flexibility index (Phi) is 5.56. The van der Waals surface area contributed by atoms with Crippen LogP contribution in [0.5, 0.6) is 5.75 Å². The van der Waals surface area contributed by atoms with Crippen molar-refractivity contribution in [3.8, 4) is 5.75 Å². The van der Waals surface area contributed by atoms with Crippen molar-refractivity contribution in [2.75, 3.05) is 6.61 Å². The van der Waals surface area contributed by atoms with E-state index in [-0.39, 0.29) is 18.6 Å². The summed E-state index contributed by atoms with van der Waals surface area (Å²) in [6, 6.07) is 14.9. The molecule has 0 spiro atoms. The molecule has 1 saturated carbocycles. The summed E-state index contributed by atoms with van der Waals surface area (Å²) in [6.07, 6.45) is 0.973. The molecule has 1 amide bonds. The number of carbonyl (C=O) groups excluding carboxylic acids is 2. The molecular weight excluding hydrogens is 330 g/mol. The Morgan fingerprint density at radius 3 is 2.50 bits per heavy atom. The second-order valence-corrected chi connectivity index (χ2v) is 6.62. The van der Waals surface area contributed by atoms with Crippen LogP contribution in [-0.2, 0) is 14.3 Å². The molecule has 136 valence electrons. The van der Waals surface area contributed by atoms with Gasteiger partial charge < -0.3 is 14.8 Å². The Hall–Kier alpha value is -2.82. The summed E-state index contributed by atoms with van der Waals surface area (Å²) < 4.78 is 11.0. The first-order chi connectivity index (χ1) is 12.5. The minimum absolute atomic E-state index is 0.193. The number of aryl methyl sites for hydroxylation is 2. The summed E-state index contributed by atoms with van der Waals surface area (Å²) in [5.41, 5.74) is 2.72. The number of rotatable bonds is 7. The SMILES string of the molecule is Cc1ccc(OCC(=O)O[C@@H](C(=O)NC2CC2)c2ccccc2)c(C)c1. The fraction of sp³-hybridized carbons (Fsp3) is 0.333. The van der Waals surface area contributed by atoms with Crippen LogP contribution >= 0.6 is 0 Å². The summed E-state index contributed by atoms with van der Waals surface area (Å²) in [5, 5.41) is 2.89. The zero-order valence-electron chi connectivity index (χ0n) is 15.0. The maximum atomic E-state index is 12.5. The molecule has 2 aromatic rings. The smallest absolute Gasteiger partial charge is 0.345 e. The molecule has 0 heterocycles. The van der Waals surface area contributed by atoms with Gasteiger partial charge in [-0.05, 0) is 38.3 Å². The monoisotopic (exact) mass is 353 g/mol. The van der Waals surface area contributed by atoms with Crippen molar-refractivity contribution in [1.29, 1.82) is 0 Å². The van der Waals surface area contributed by atoms with Gasteiger partial charge in [-0.3, -0.25) is 4.79 Å². The summed E-state index contributed by atoms with van der Waals surface area (Å²) in [7, 11) is 0. The molecule has 1 N–H and O–H groups in total. The highest BCUT2D eigenvalue weighted by atomic mass is 16.6. The number of hydrogen-bond donors (Lipinski definition) is 1. The highest BCUT2D eigenvalue weighted by molar-refractivity contribution is 5.85. The van der Waals surface area contributed by atoms with Gasteiger partial charge in [0, 0.05) is 11.6 Å². The summed E-state index contributed by atoms with van der Waals surface area (Å²) in [4.78, 5) is 24.7. The van der Waals surface area contributed by atoms with Crippen molar-refractivity contribution in [2.24, 2.45) is 0 Å². The van der Waals surface area contributed by atoms with Crippen LogP contribution in [0.25, 0.3) is 0 Å². The van der Waals surface area contributed by atoms with Crippen molar-refractivity contribution < 1.29 is 19.1 Å². The summed E-state index contributed by atoms with van der Waals surface area (Å²) >= 11 is 0. The van der Waals surface area contributed by atoms with Gasteiger partial charge in [-0.15, -0.1) is 0 Å². The predicted molar refractivity (Wildman–Crippen MR) is 97.9 cm³/mol. The number of benzene rings is 2. The third-order valence-electron chi connectivity index (χ3n) is 4.19. The molecule has 1 fully saturated rings. The lowest BCUT2D eigenvalue weighted by atomic mass is 10.1. The Labute approximate surface area is 153 Å². The van der Waals surface area contributed by atoms with Gasteiger partial charge in [0.2, 0.25) is 6.10 Å². The quantitative estimate of drug-likeness (QED) is 0.776. The van der Waals surface area contributed by atoms with Gasteiger partial charge in [-0.1, -0.05) is 48.0 Å². The van der Waals surface area contributed by atoms with Crippen LogP contribution in [0.4, 0.5) is 0 Å². The van der Waals surface area contributed by atoms with Gasteiger partial charge in [0.25, 0.3) is 5.91 Å². The van der Waals surface area contributed by atoms with Gasteiger partial charge in [0.05, 0.1) is 0 Å². The topological polar surface area (TPSA) is 64.6 Å². The van der Waals surface area contributed by atoms with Crippen LogP contribution < -0.4 is 10.1 Å². The standard InChI is InChI=1S/C21H23NO4/c1-14-8-11-18(15(2)12-14)25-13-19(23)26-20(16-6-4-3-5-7-16)21(24)22-17-9-10-17/h3-8,11-12,17,20H,9-10,13H2,1-2H3,(H,22,24)/t20-/m1/s1. The van der Waals surface area contributed by atoms with Crippen LogP contribution in [0.1, 0.15) is 35.6 Å². The molecule has 26 heavy (non-hydrogen) atoms. The fourth-order valence-corrected chi connectivity index (χ4v) is 2.67. The van der Waals surface area contributed by atoms with Crippen LogP contribution in [0.3, 0.4) is 0 Å². The molecule has 1 aliphatic rings. The molecule has 1 atom stereocenters. The Balaban J connectivity index is 1.63. The number of carbonyl (C=O) groups is 2. The zero-order chi connectivity index (χ0) is 18.5. The minimum atomic E-state index is -0.966. The Bertz CT molecular complexity index is 784. The highest BCUT2D eigenvalue weighted by Crippen LogP contribution is 2.24. The maximum Gasteiger partial charge on any atom is 0.345 e. The molecule has 0 radical (unpaired) electrons. The van der Waals surface area contributed by atoms with E-state index in [1.54, 1.807) is 12.1 Å². The van der Waals surface area contributed by atoms with Crippen LogP contribution in [0.2, 0.25) is 0 Å². The van der Waals surface area contributed by atoms with Gasteiger partial charge >= 0.3 is 5.97 Å². The van der Waals surface area contributed by atoms with Crippen LogP contribution in [0.15, 0.2) is 48.5 Å². The molecule has 5 heteroatoms. The van der Waals surface area contributed by atoms with Crippen molar-refractivity contribution in [3.05, 3.63) is 65.2 Å². The average molecular weight is 353 g/mol. The fourth-order valence-electron chi connectivity index (χ4n) is 2.67. The van der Waals surface area contributed by atoms with Crippen molar-refractivity contribution in [1.82, 2.24) is 5.32 Å². The van der Waals surface area contributed by atoms with Gasteiger partial charge in [-0.2, -0.15) is 0 Å². The van der Waals surface area contributed by atoms with E-state index < -0.39 is 12.1 Å². The molecule has 0 unspecified atom stereocenters. The lowest BCUT2D eigenvalue weighted by Crippen LogP contribution is -2.34. The molecule has 0 saturated heterocycles. The number of amides is 1. The van der Waals surface area contributed by atoms with E-state index in [0.717, 1.165) is 24.0 Å². The van der Waals surface area contributed by atoms with Crippen LogP contribution in [-0.4, -0.2) is 24.5 Å². The van der Waals surface area contributed by atoms with Crippen molar-refractivity contribution >= 4 is 11.9 Å². The molecule has 0 bridgehead atoms. The Morgan fingerprint density at radius 1 is 1.12 bits per heavy atom. The van der Waals surface area contributed by atoms with E-state index in [9.17, 15) is 9.59 Å². The summed E-state index contributed by atoms with van der Waals surface area (Å²) in [6.45, 7) is 3.67. The molecule has 5 nitrogen and oxygen atoms in total. The lowest BCUT2D eigenvalue weighted by Gasteiger charge is -2.18. The van der Waals surface area contributed by atoms with E-state index in [4.69, 9.17) is 9.47 Å². The van der Waals surface area contributed by atoms with Gasteiger partial charge in [-0.25, -0.2) is 4.79 Å². The van der Waals surface area contributed by atoms with Crippen molar-refractivity contribution in [3.63, 3.8) is 0 Å². The molecule has 3 rings (SSSR count). The molecule has 0 aliphatic heterocycles. The first-order valence-electron chi connectivity index (χ1n) is 8.78. The largest absolute Gasteiger partial charge is 0.482 e. The average Bonchev–Trinajstić information content (AvgIpc) is 3.43. The van der Waals surface area contributed by atoms with E-state index in [2.05, 4.69) is 5.32 Å². The number of ether oxygens (including phenoxy) is 2. The molecule has 0 aromatic heterocycles. The predicted octanol–water partition coefficient (Wildman–Crippen LogP) is 3.25. The van der Waals surface area contributed by atoms with E-state index in [1.807, 2.05) is 50.2 Å². The van der Waals surface area contributed by atoms with Gasteiger partial charge in [0.1, 0.15) is 5.75 Å². The number of esters is 1. The van der Waals surface area contributed by atoms with Gasteiger partial charge in [0.15, 0.2) is 6.61 Å². The van der Waals surface area contributed by atoms with E-state index in [0.29, 0.717) is 11.3 Å². The highest BCUT2D eigenvalue weighted by Gasteiger charge is 2.30. The maximum absolute atomic E-state index is 12.5. The van der Waals surface area contributed by atoms with E-state index >= 15 is 0 Å². The minimum Gasteiger partial charge on any atom is -0.482 e. The lowest BCUT2D eigenvalue weighted by molar-refractivity contribution is -0.158. The normalized spacial score (nSPS) is 14.4. The molecule has 1 aliphatic carbocycles. The van der Waals surface area contributed by atoms with Crippen LogP contribution in [0, 0.1) is 13.8 Å². The first-order valence-corrected chi connectivity index (χ1v) is 8.78. The Morgan fingerprint density at radius 2 is 1.85 bits per heavy atom. The number of nitrogens with one attached hydrogen (secondary N) is 1. The molecular formula is C21H23NO4. The van der Waals surface area contributed by atoms with E-state index in [1.165, 1.54) is 0 Å². The summed E-state index contributed by atoms with van der Waals surface area (Å²) in [5.74, 6) is -0.241. The third kappa shape index (κ3) is 4.85. The molecule has 2 aromatic carbocycles. The zero-order valence-corrected chi connectivity index (χ0v) is 15.0. The third-order valence-corrected chi connectivity index (χ3v) is 4.19. The second kappa shape index (κ2) is 8.04. The number of hydrogen-bond acceptors (Lipinski definition) is 4. The first kappa shape index (κ1) is 18.0.